The van der Waals surface area contributed by atoms with Crippen LogP contribution in [0.3, 0.4) is 0 Å². The van der Waals surface area contributed by atoms with Gasteiger partial charge in [-0.05, 0) is 45.5 Å². The molecule has 3 fully saturated rings. The predicted octanol–water partition coefficient (Wildman–Crippen LogP) is 1.27. The summed E-state index contributed by atoms with van der Waals surface area (Å²) in [5.74, 6) is 0.541. The molecule has 21 heavy (non-hydrogen) atoms. The van der Waals surface area contributed by atoms with Crippen molar-refractivity contribution in [2.24, 2.45) is 5.92 Å². The average molecular weight is 289 g/mol. The smallest absolute Gasteiger partial charge is 0.268 e. The summed E-state index contributed by atoms with van der Waals surface area (Å²) in [7, 11) is 4.13. The molecule has 1 N–H and O–H groups in total. The van der Waals surface area contributed by atoms with Crippen LogP contribution in [0.5, 0.6) is 0 Å². The highest BCUT2D eigenvalue weighted by Gasteiger charge is 2.55. The number of likely N-dealkylation sites (N-methyl/N-ethyl adjacent to an activating group) is 1. The Kier molecular flexibility index (Phi) is 3.08. The second-order valence-electron chi connectivity index (χ2n) is 6.77. The van der Waals surface area contributed by atoms with Crippen LogP contribution >= 0.6 is 0 Å². The molecular weight excluding hydrogens is 266 g/mol. The van der Waals surface area contributed by atoms with E-state index in [-0.39, 0.29) is 11.9 Å². The summed E-state index contributed by atoms with van der Waals surface area (Å²) in [4.78, 5) is 14.8. The molecule has 5 nitrogen and oxygen atoms in total. The van der Waals surface area contributed by atoms with Crippen LogP contribution in [0.25, 0.3) is 0 Å². The van der Waals surface area contributed by atoms with Crippen molar-refractivity contribution in [2.75, 3.05) is 20.7 Å². The van der Waals surface area contributed by atoms with E-state index in [0.29, 0.717) is 24.1 Å². The normalized spacial score (nSPS) is 34.6. The molecule has 0 radical (unpaired) electrons. The molecule has 0 spiro atoms. The molecule has 4 rings (SSSR count). The van der Waals surface area contributed by atoms with Gasteiger partial charge in [-0.3, -0.25) is 4.79 Å². The number of aromatic nitrogens is 1. The maximum atomic E-state index is 12.6. The second kappa shape index (κ2) is 4.85. The highest BCUT2D eigenvalue weighted by Crippen LogP contribution is 2.41. The predicted molar refractivity (Wildman–Crippen MR) is 79.3 cm³/mol. The third kappa shape index (κ3) is 2.10. The zero-order valence-electron chi connectivity index (χ0n) is 12.7. The Morgan fingerprint density at radius 2 is 2.19 bits per heavy atom. The van der Waals surface area contributed by atoms with Crippen molar-refractivity contribution in [2.45, 2.75) is 43.5 Å². The van der Waals surface area contributed by atoms with Crippen molar-refractivity contribution in [1.82, 2.24) is 14.8 Å². The SMILES string of the molecule is CN(C)[C@@H]1[C@@H](NC(=O)c2cccn2C2CC2)[C@H]2CCO[C@H]21. The van der Waals surface area contributed by atoms with E-state index in [2.05, 4.69) is 28.9 Å². The van der Waals surface area contributed by atoms with Gasteiger partial charge < -0.3 is 19.5 Å². The van der Waals surface area contributed by atoms with E-state index in [9.17, 15) is 4.79 Å². The van der Waals surface area contributed by atoms with Crippen LogP contribution in [0, 0.1) is 5.92 Å². The van der Waals surface area contributed by atoms with Crippen LogP contribution < -0.4 is 5.32 Å². The van der Waals surface area contributed by atoms with Gasteiger partial charge in [-0.15, -0.1) is 0 Å². The summed E-state index contributed by atoms with van der Waals surface area (Å²) < 4.78 is 7.93. The summed E-state index contributed by atoms with van der Waals surface area (Å²) in [6.45, 7) is 0.824. The maximum Gasteiger partial charge on any atom is 0.268 e. The van der Waals surface area contributed by atoms with Gasteiger partial charge in [0.2, 0.25) is 0 Å². The van der Waals surface area contributed by atoms with Gasteiger partial charge in [-0.1, -0.05) is 0 Å². The summed E-state index contributed by atoms with van der Waals surface area (Å²) in [6, 6.07) is 4.95. The molecular formula is C16H23N3O2. The van der Waals surface area contributed by atoms with E-state index in [4.69, 9.17) is 4.74 Å². The molecule has 4 atom stereocenters. The minimum Gasteiger partial charge on any atom is -0.376 e. The lowest BCUT2D eigenvalue weighted by molar-refractivity contribution is -0.0664. The number of carbonyl (C=O) groups excluding carboxylic acids is 1. The van der Waals surface area contributed by atoms with Gasteiger partial charge >= 0.3 is 0 Å². The van der Waals surface area contributed by atoms with Gasteiger partial charge in [0.05, 0.1) is 18.2 Å². The van der Waals surface area contributed by atoms with Gasteiger partial charge in [-0.2, -0.15) is 0 Å². The second-order valence-corrected chi connectivity index (χ2v) is 6.77. The fraction of sp³-hybridized carbons (Fsp3) is 0.688. The Bertz CT molecular complexity index is 549. The average Bonchev–Trinajstić information content (AvgIpc) is 3.01. The molecule has 1 aromatic heterocycles. The van der Waals surface area contributed by atoms with Crippen molar-refractivity contribution in [3.05, 3.63) is 24.0 Å². The van der Waals surface area contributed by atoms with Crippen LogP contribution in [0.1, 0.15) is 35.8 Å². The number of ether oxygens (including phenoxy) is 1. The number of hydrogen-bond acceptors (Lipinski definition) is 3. The Morgan fingerprint density at radius 3 is 2.90 bits per heavy atom. The molecule has 2 saturated carbocycles. The van der Waals surface area contributed by atoms with E-state index in [1.807, 2.05) is 18.3 Å². The number of nitrogens with one attached hydrogen (secondary N) is 1. The molecule has 0 aromatic carbocycles. The Labute approximate surface area is 125 Å². The lowest BCUT2D eigenvalue weighted by Gasteiger charge is -2.50. The number of rotatable bonds is 4. The first-order valence-electron chi connectivity index (χ1n) is 7.92. The topological polar surface area (TPSA) is 46.5 Å². The van der Waals surface area contributed by atoms with Crippen molar-refractivity contribution < 1.29 is 9.53 Å². The van der Waals surface area contributed by atoms with Crippen LogP contribution in [0.4, 0.5) is 0 Å². The third-order valence-corrected chi connectivity index (χ3v) is 5.20. The van der Waals surface area contributed by atoms with Crippen LogP contribution in [0.15, 0.2) is 18.3 Å². The standard InChI is InChI=1S/C16H23N3O2/c1-18(2)14-13(11-7-9-21-15(11)14)17-16(20)12-4-3-8-19(12)10-5-6-10/h3-4,8,10-11,13-15H,5-7,9H2,1-2H3,(H,17,20)/t11-,13+,14-,15-/m1/s1. The molecule has 1 aliphatic heterocycles. The number of amides is 1. The van der Waals surface area contributed by atoms with Gasteiger partial charge in [0.1, 0.15) is 5.69 Å². The largest absolute Gasteiger partial charge is 0.376 e. The zero-order valence-corrected chi connectivity index (χ0v) is 12.7. The molecule has 1 amide bonds. The fourth-order valence-corrected chi connectivity index (χ4v) is 3.97. The van der Waals surface area contributed by atoms with E-state index in [1.54, 1.807) is 0 Å². The van der Waals surface area contributed by atoms with E-state index in [0.717, 1.165) is 18.7 Å². The van der Waals surface area contributed by atoms with E-state index < -0.39 is 0 Å². The Morgan fingerprint density at radius 1 is 1.38 bits per heavy atom. The Balaban J connectivity index is 1.49. The molecule has 0 bridgehead atoms. The summed E-state index contributed by atoms with van der Waals surface area (Å²) in [5, 5.41) is 3.26. The fourth-order valence-electron chi connectivity index (χ4n) is 3.97. The zero-order chi connectivity index (χ0) is 14.6. The summed E-state index contributed by atoms with van der Waals surface area (Å²) >= 11 is 0. The van der Waals surface area contributed by atoms with Gasteiger partial charge in [0.25, 0.3) is 5.91 Å². The van der Waals surface area contributed by atoms with Crippen LogP contribution in [-0.2, 0) is 4.74 Å². The van der Waals surface area contributed by atoms with Crippen molar-refractivity contribution >= 4 is 5.91 Å². The number of hydrogen-bond donors (Lipinski definition) is 1. The molecule has 114 valence electrons. The first kappa shape index (κ1) is 13.3. The lowest BCUT2D eigenvalue weighted by Crippen LogP contribution is -2.69. The van der Waals surface area contributed by atoms with Gasteiger partial charge in [-0.25, -0.2) is 0 Å². The van der Waals surface area contributed by atoms with Crippen LogP contribution in [0.2, 0.25) is 0 Å². The van der Waals surface area contributed by atoms with Crippen molar-refractivity contribution in [3.63, 3.8) is 0 Å². The van der Waals surface area contributed by atoms with E-state index >= 15 is 0 Å². The number of fused-ring (bicyclic) bond motifs is 1. The van der Waals surface area contributed by atoms with Gasteiger partial charge in [0, 0.05) is 24.8 Å². The molecule has 1 saturated heterocycles. The molecule has 0 unspecified atom stereocenters. The van der Waals surface area contributed by atoms with E-state index in [1.165, 1.54) is 12.8 Å². The highest BCUT2D eigenvalue weighted by atomic mass is 16.5. The highest BCUT2D eigenvalue weighted by molar-refractivity contribution is 5.93. The quantitative estimate of drug-likeness (QED) is 0.908. The first-order valence-corrected chi connectivity index (χ1v) is 7.92. The molecule has 5 heteroatoms. The molecule has 3 aliphatic rings. The lowest BCUT2D eigenvalue weighted by atomic mass is 9.71. The minimum atomic E-state index is 0.0640. The molecule has 1 aromatic rings. The van der Waals surface area contributed by atoms with Crippen molar-refractivity contribution in [1.29, 1.82) is 0 Å². The van der Waals surface area contributed by atoms with Crippen LogP contribution in [-0.4, -0.2) is 54.3 Å². The maximum absolute atomic E-state index is 12.6. The monoisotopic (exact) mass is 289 g/mol. The minimum absolute atomic E-state index is 0.0640. The van der Waals surface area contributed by atoms with Crippen molar-refractivity contribution in [3.8, 4) is 0 Å². The number of carbonyl (C=O) groups is 1. The molecule has 2 heterocycles. The summed E-state index contributed by atoms with van der Waals surface area (Å²) in [6.07, 6.45) is 5.76. The summed E-state index contributed by atoms with van der Waals surface area (Å²) in [5.41, 5.74) is 0.803. The first-order chi connectivity index (χ1) is 10.2. The third-order valence-electron chi connectivity index (χ3n) is 5.20. The number of nitrogens with zero attached hydrogens (tertiary/aromatic N) is 2. The Hall–Kier alpha value is -1.33. The van der Waals surface area contributed by atoms with Gasteiger partial charge in [0.15, 0.2) is 0 Å². The molecule has 2 aliphatic carbocycles.